The van der Waals surface area contributed by atoms with Crippen LogP contribution >= 0.6 is 23.4 Å². The summed E-state index contributed by atoms with van der Waals surface area (Å²) in [6.07, 6.45) is 0. The minimum Gasteiger partial charge on any atom is -0.323 e. The number of amides is 2. The molecule has 0 unspecified atom stereocenters. The Morgan fingerprint density at radius 2 is 1.83 bits per heavy atom. The van der Waals surface area contributed by atoms with E-state index in [9.17, 15) is 14.4 Å². The Bertz CT molecular complexity index is 1280. The Morgan fingerprint density at radius 1 is 1.10 bits per heavy atom. The van der Waals surface area contributed by atoms with Crippen molar-refractivity contribution in [2.45, 2.75) is 11.8 Å². The summed E-state index contributed by atoms with van der Waals surface area (Å²) in [5.41, 5.74) is 2.27. The van der Waals surface area contributed by atoms with Crippen molar-refractivity contribution in [1.29, 1.82) is 0 Å². The average Bonchev–Trinajstić information content (AvgIpc) is 3.29. The van der Waals surface area contributed by atoms with Gasteiger partial charge in [0, 0.05) is 23.3 Å². The standard InChI is InChI=1S/C21H17ClN4O3S/c1-12-18(19(28)26(24(12)2)14-6-4-3-5-7-14)25-17(27)11-30-21(25)15-10-13(22)8-9-16(15)23-20(21)29/h3-10H,11H2,1-2H3,(H,23,29)/t21-/m1/s1. The highest BCUT2D eigenvalue weighted by Gasteiger charge is 2.59. The molecule has 0 bridgehead atoms. The largest absolute Gasteiger partial charge is 0.323 e. The Kier molecular flexibility index (Phi) is 4.13. The van der Waals surface area contributed by atoms with Crippen LogP contribution in [0.3, 0.4) is 0 Å². The molecule has 0 aliphatic carbocycles. The summed E-state index contributed by atoms with van der Waals surface area (Å²) in [5, 5.41) is 3.30. The fourth-order valence-corrected chi connectivity index (χ4v) is 5.63. The second-order valence-corrected chi connectivity index (χ2v) is 8.82. The molecule has 3 heterocycles. The summed E-state index contributed by atoms with van der Waals surface area (Å²) in [7, 11) is 1.76. The van der Waals surface area contributed by atoms with Crippen molar-refractivity contribution >= 4 is 46.6 Å². The Hall–Kier alpha value is -2.97. The van der Waals surface area contributed by atoms with Gasteiger partial charge in [-0.2, -0.15) is 0 Å². The summed E-state index contributed by atoms with van der Waals surface area (Å²) in [5.74, 6) is -0.572. The second kappa shape index (κ2) is 6.52. The molecule has 9 heteroatoms. The fraction of sp³-hybridized carbons (Fsp3) is 0.190. The monoisotopic (exact) mass is 440 g/mol. The number of thioether (sulfide) groups is 1. The lowest BCUT2D eigenvalue weighted by Crippen LogP contribution is -2.49. The van der Waals surface area contributed by atoms with Gasteiger partial charge in [0.15, 0.2) is 0 Å². The van der Waals surface area contributed by atoms with Gasteiger partial charge >= 0.3 is 0 Å². The number of carbonyl (C=O) groups excluding carboxylic acids is 2. The zero-order valence-electron chi connectivity index (χ0n) is 16.2. The molecule has 2 aliphatic heterocycles. The molecule has 1 spiro atoms. The van der Waals surface area contributed by atoms with E-state index in [2.05, 4.69) is 5.32 Å². The van der Waals surface area contributed by atoms with Crippen LogP contribution in [-0.4, -0.2) is 26.9 Å². The van der Waals surface area contributed by atoms with Crippen LogP contribution in [0.1, 0.15) is 11.3 Å². The van der Waals surface area contributed by atoms with Gasteiger partial charge < -0.3 is 5.32 Å². The number of hydrogen-bond acceptors (Lipinski definition) is 4. The van der Waals surface area contributed by atoms with Gasteiger partial charge in [-0.05, 0) is 37.3 Å². The number of nitrogens with one attached hydrogen (secondary N) is 1. The number of para-hydroxylation sites is 1. The molecule has 5 rings (SSSR count). The quantitative estimate of drug-likeness (QED) is 0.664. The molecule has 2 aromatic carbocycles. The van der Waals surface area contributed by atoms with Crippen molar-refractivity contribution in [3.05, 3.63) is 75.2 Å². The molecular weight excluding hydrogens is 424 g/mol. The summed E-state index contributed by atoms with van der Waals surface area (Å²) in [4.78, 5) is 39.8. The molecule has 1 aromatic heterocycles. The number of halogens is 1. The van der Waals surface area contributed by atoms with Crippen molar-refractivity contribution in [3.63, 3.8) is 0 Å². The second-order valence-electron chi connectivity index (χ2n) is 7.22. The van der Waals surface area contributed by atoms with E-state index in [4.69, 9.17) is 11.6 Å². The van der Waals surface area contributed by atoms with Gasteiger partial charge in [0.1, 0.15) is 5.69 Å². The lowest BCUT2D eigenvalue weighted by molar-refractivity contribution is -0.122. The minimum absolute atomic E-state index is 0.0818. The first-order valence-electron chi connectivity index (χ1n) is 9.29. The summed E-state index contributed by atoms with van der Waals surface area (Å²) in [6, 6.07) is 14.3. The van der Waals surface area contributed by atoms with Gasteiger partial charge in [-0.3, -0.25) is 24.0 Å². The van der Waals surface area contributed by atoms with Gasteiger partial charge in [-0.1, -0.05) is 29.8 Å². The molecular formula is C21H17ClN4O3S. The topological polar surface area (TPSA) is 76.3 Å². The number of aromatic nitrogens is 2. The fourth-order valence-electron chi connectivity index (χ4n) is 4.17. The molecule has 1 atom stereocenters. The van der Waals surface area contributed by atoms with Gasteiger partial charge in [0.2, 0.25) is 10.8 Å². The predicted octanol–water partition coefficient (Wildman–Crippen LogP) is 3.02. The highest BCUT2D eigenvalue weighted by molar-refractivity contribution is 8.02. The third-order valence-electron chi connectivity index (χ3n) is 5.62. The first-order valence-corrected chi connectivity index (χ1v) is 10.6. The van der Waals surface area contributed by atoms with E-state index < -0.39 is 4.87 Å². The molecule has 2 amide bonds. The number of fused-ring (bicyclic) bond motifs is 2. The number of nitrogens with zero attached hydrogens (tertiary/aromatic N) is 3. The highest BCUT2D eigenvalue weighted by atomic mass is 35.5. The van der Waals surface area contributed by atoms with Gasteiger partial charge in [0.05, 0.1) is 17.1 Å². The van der Waals surface area contributed by atoms with Crippen molar-refractivity contribution in [2.24, 2.45) is 7.05 Å². The number of hydrogen-bond donors (Lipinski definition) is 1. The normalized spacial score (nSPS) is 20.2. The van der Waals surface area contributed by atoms with Crippen LogP contribution in [0.25, 0.3) is 5.69 Å². The van der Waals surface area contributed by atoms with Crippen molar-refractivity contribution in [1.82, 2.24) is 9.36 Å². The SMILES string of the molecule is Cc1c(N2C(=O)CS[C@]23C(=O)Nc2ccc(Cl)cc23)c(=O)n(-c2ccccc2)n1C. The van der Waals surface area contributed by atoms with Crippen LogP contribution in [0.15, 0.2) is 53.3 Å². The molecule has 1 saturated heterocycles. The van der Waals surface area contributed by atoms with Crippen LogP contribution < -0.4 is 15.8 Å². The maximum absolute atomic E-state index is 13.6. The first kappa shape index (κ1) is 19.0. The lowest BCUT2D eigenvalue weighted by atomic mass is 10.0. The van der Waals surface area contributed by atoms with Gasteiger partial charge in [-0.25, -0.2) is 4.68 Å². The van der Waals surface area contributed by atoms with E-state index in [0.717, 1.165) is 0 Å². The van der Waals surface area contributed by atoms with Gasteiger partial charge in [-0.15, -0.1) is 11.8 Å². The molecule has 0 radical (unpaired) electrons. The molecule has 7 nitrogen and oxygen atoms in total. The summed E-state index contributed by atoms with van der Waals surface area (Å²) >= 11 is 7.41. The number of anilines is 2. The van der Waals surface area contributed by atoms with E-state index in [1.807, 2.05) is 30.3 Å². The Balaban J connectivity index is 1.78. The molecule has 1 N–H and O–H groups in total. The number of benzene rings is 2. The first-order chi connectivity index (χ1) is 14.4. The maximum Gasteiger partial charge on any atom is 0.295 e. The molecule has 0 saturated carbocycles. The van der Waals surface area contributed by atoms with Crippen LogP contribution in [-0.2, 0) is 21.5 Å². The van der Waals surface area contributed by atoms with E-state index in [-0.39, 0.29) is 28.8 Å². The summed E-state index contributed by atoms with van der Waals surface area (Å²) in [6.45, 7) is 1.77. The smallest absolute Gasteiger partial charge is 0.295 e. The molecule has 2 aliphatic rings. The van der Waals surface area contributed by atoms with E-state index >= 15 is 0 Å². The van der Waals surface area contributed by atoms with E-state index in [0.29, 0.717) is 27.7 Å². The number of carbonyl (C=O) groups is 2. The van der Waals surface area contributed by atoms with E-state index in [1.165, 1.54) is 21.3 Å². The molecule has 30 heavy (non-hydrogen) atoms. The third kappa shape index (κ3) is 2.37. The molecule has 3 aromatic rings. The zero-order chi connectivity index (χ0) is 21.2. The van der Waals surface area contributed by atoms with Crippen LogP contribution in [0, 0.1) is 6.92 Å². The molecule has 1 fully saturated rings. The zero-order valence-corrected chi connectivity index (χ0v) is 17.8. The summed E-state index contributed by atoms with van der Waals surface area (Å²) < 4.78 is 3.20. The maximum atomic E-state index is 13.6. The van der Waals surface area contributed by atoms with Gasteiger partial charge in [0.25, 0.3) is 11.5 Å². The number of rotatable bonds is 2. The minimum atomic E-state index is -1.36. The highest BCUT2D eigenvalue weighted by Crippen LogP contribution is 2.54. The van der Waals surface area contributed by atoms with Crippen LogP contribution in [0.2, 0.25) is 5.02 Å². The van der Waals surface area contributed by atoms with E-state index in [1.54, 1.807) is 36.9 Å². The Labute approximate surface area is 181 Å². The third-order valence-corrected chi connectivity index (χ3v) is 7.25. The average molecular weight is 441 g/mol. The van der Waals surface area contributed by atoms with Crippen LogP contribution in [0.4, 0.5) is 11.4 Å². The van der Waals surface area contributed by atoms with Crippen molar-refractivity contribution < 1.29 is 9.59 Å². The van der Waals surface area contributed by atoms with Crippen molar-refractivity contribution in [3.8, 4) is 5.69 Å². The lowest BCUT2D eigenvalue weighted by Gasteiger charge is -2.31. The predicted molar refractivity (Wildman–Crippen MR) is 117 cm³/mol. The molecule has 152 valence electrons. The van der Waals surface area contributed by atoms with Crippen molar-refractivity contribution in [2.75, 3.05) is 16.0 Å². The Morgan fingerprint density at radius 3 is 2.57 bits per heavy atom. The van der Waals surface area contributed by atoms with Crippen LogP contribution in [0.5, 0.6) is 0 Å².